The third-order valence-corrected chi connectivity index (χ3v) is 9.78. The van der Waals surface area contributed by atoms with Gasteiger partial charge in [0.25, 0.3) is 10.0 Å². The summed E-state index contributed by atoms with van der Waals surface area (Å²) in [6.45, 7) is 3.09. The third-order valence-electron chi connectivity index (χ3n) is 7.06. The van der Waals surface area contributed by atoms with E-state index in [2.05, 4.69) is 5.32 Å². The highest BCUT2D eigenvalue weighted by molar-refractivity contribution is 7.92. The Labute approximate surface area is 273 Å². The van der Waals surface area contributed by atoms with Gasteiger partial charge in [-0.1, -0.05) is 95.5 Å². The van der Waals surface area contributed by atoms with Crippen LogP contribution in [-0.2, 0) is 32.6 Å². The average Bonchev–Trinajstić information content (AvgIpc) is 3.01. The van der Waals surface area contributed by atoms with Gasteiger partial charge in [0.2, 0.25) is 11.8 Å². The highest BCUT2D eigenvalue weighted by Crippen LogP contribution is 2.31. The first-order chi connectivity index (χ1) is 21.0. The van der Waals surface area contributed by atoms with Gasteiger partial charge in [0, 0.05) is 40.1 Å². The first-order valence-corrected chi connectivity index (χ1v) is 16.5. The minimum absolute atomic E-state index is 0.00237. The molecule has 0 aliphatic heterocycles. The number of hydrogen-bond acceptors (Lipinski definition) is 4. The number of sulfonamides is 1. The van der Waals surface area contributed by atoms with E-state index in [0.717, 1.165) is 9.87 Å². The molecule has 0 fully saturated rings. The Morgan fingerprint density at radius 1 is 0.841 bits per heavy atom. The van der Waals surface area contributed by atoms with Crippen LogP contribution in [0.15, 0.2) is 102 Å². The topological polar surface area (TPSA) is 86.8 Å². The first-order valence-electron chi connectivity index (χ1n) is 13.9. The lowest BCUT2D eigenvalue weighted by atomic mass is 10.0. The van der Waals surface area contributed by atoms with E-state index in [0.29, 0.717) is 32.7 Å². The second kappa shape index (κ2) is 14.9. The van der Waals surface area contributed by atoms with E-state index in [1.807, 2.05) is 30.3 Å². The Morgan fingerprint density at radius 2 is 1.45 bits per heavy atom. The van der Waals surface area contributed by atoms with Crippen molar-refractivity contribution in [1.82, 2.24) is 10.2 Å². The van der Waals surface area contributed by atoms with Crippen LogP contribution in [0.2, 0.25) is 15.1 Å². The molecule has 0 bridgehead atoms. The largest absolute Gasteiger partial charge is 0.355 e. The monoisotopic (exact) mass is 671 g/mol. The summed E-state index contributed by atoms with van der Waals surface area (Å²) in [7, 11) is -4.25. The summed E-state index contributed by atoms with van der Waals surface area (Å²) in [6.07, 6.45) is 0.169. The molecule has 44 heavy (non-hydrogen) atoms. The number of anilines is 1. The number of rotatable bonds is 12. The summed E-state index contributed by atoms with van der Waals surface area (Å²) in [5, 5.41) is 3.75. The number of carbonyl (C=O) groups excluding carboxylic acids is 2. The fraction of sp³-hybridized carbons (Fsp3) is 0.212. The molecule has 7 nitrogen and oxygen atoms in total. The number of aryl methyl sites for hydroxylation is 1. The van der Waals surface area contributed by atoms with E-state index in [4.69, 9.17) is 34.8 Å². The minimum Gasteiger partial charge on any atom is -0.355 e. The van der Waals surface area contributed by atoms with E-state index in [-0.39, 0.29) is 23.5 Å². The van der Waals surface area contributed by atoms with Gasteiger partial charge in [-0.05, 0) is 61.4 Å². The van der Waals surface area contributed by atoms with Gasteiger partial charge in [-0.2, -0.15) is 0 Å². The van der Waals surface area contributed by atoms with Crippen molar-refractivity contribution in [3.8, 4) is 0 Å². The quantitative estimate of drug-likeness (QED) is 0.177. The molecule has 0 saturated heterocycles. The number of nitrogens with one attached hydrogen (secondary N) is 1. The Bertz CT molecular complexity index is 1700. The van der Waals surface area contributed by atoms with Gasteiger partial charge in [0.05, 0.1) is 10.6 Å². The molecule has 4 aromatic rings. The molecule has 4 aromatic carbocycles. The van der Waals surface area contributed by atoms with Crippen LogP contribution in [-0.4, -0.2) is 44.3 Å². The van der Waals surface area contributed by atoms with Crippen molar-refractivity contribution in [3.05, 3.63) is 129 Å². The zero-order valence-electron chi connectivity index (χ0n) is 24.2. The van der Waals surface area contributed by atoms with Crippen molar-refractivity contribution < 1.29 is 18.0 Å². The molecule has 4 rings (SSSR count). The molecule has 0 heterocycles. The number of amides is 2. The van der Waals surface area contributed by atoms with Crippen molar-refractivity contribution in [2.75, 3.05) is 17.4 Å². The van der Waals surface area contributed by atoms with Gasteiger partial charge in [0.1, 0.15) is 12.6 Å². The Morgan fingerprint density at radius 3 is 2.07 bits per heavy atom. The fourth-order valence-corrected chi connectivity index (χ4v) is 6.96. The van der Waals surface area contributed by atoms with E-state index in [1.165, 1.54) is 23.1 Å². The van der Waals surface area contributed by atoms with Crippen molar-refractivity contribution in [2.45, 2.75) is 37.8 Å². The number of benzene rings is 4. The number of hydrogen-bond donors (Lipinski definition) is 1. The van der Waals surface area contributed by atoms with Crippen molar-refractivity contribution in [1.29, 1.82) is 0 Å². The maximum Gasteiger partial charge on any atom is 0.264 e. The van der Waals surface area contributed by atoms with Gasteiger partial charge >= 0.3 is 0 Å². The molecular formula is C33H32Cl3N3O4S. The predicted molar refractivity (Wildman–Crippen MR) is 177 cm³/mol. The van der Waals surface area contributed by atoms with Gasteiger partial charge in [-0.25, -0.2) is 8.42 Å². The lowest BCUT2D eigenvalue weighted by Gasteiger charge is -2.34. The van der Waals surface area contributed by atoms with Crippen LogP contribution in [0, 0.1) is 6.92 Å². The minimum atomic E-state index is -4.25. The van der Waals surface area contributed by atoms with Gasteiger partial charge in [0.15, 0.2) is 0 Å². The van der Waals surface area contributed by atoms with Crippen molar-refractivity contribution in [3.63, 3.8) is 0 Å². The van der Waals surface area contributed by atoms with Crippen molar-refractivity contribution in [2.24, 2.45) is 0 Å². The summed E-state index contributed by atoms with van der Waals surface area (Å²) in [6, 6.07) is 25.9. The lowest BCUT2D eigenvalue weighted by molar-refractivity contribution is -0.140. The van der Waals surface area contributed by atoms with Gasteiger partial charge in [-0.15, -0.1) is 0 Å². The van der Waals surface area contributed by atoms with E-state index >= 15 is 0 Å². The summed E-state index contributed by atoms with van der Waals surface area (Å²) in [4.78, 5) is 29.4. The standard InChI is InChI=1S/C33H32Cl3N3O4S/c1-3-37-33(41)31(19-24-11-6-4-7-12-24)38(21-27-28(35)15-10-16-29(27)36)32(40)22-39(30-20-25(34)18-17-23(30)2)44(42,43)26-13-8-5-9-14-26/h4-18,20,31H,3,19,21-22H2,1-2H3,(H,37,41)/t31-/m0/s1. The summed E-state index contributed by atoms with van der Waals surface area (Å²) in [5.74, 6) is -1.03. The number of halogens is 3. The number of likely N-dealkylation sites (N-methyl/N-ethyl adjacent to an activating group) is 1. The molecule has 1 atom stereocenters. The molecule has 2 amide bonds. The summed E-state index contributed by atoms with van der Waals surface area (Å²) >= 11 is 19.4. The number of carbonyl (C=O) groups is 2. The first kappa shape index (κ1) is 33.3. The van der Waals surface area contributed by atoms with Crippen LogP contribution in [0.3, 0.4) is 0 Å². The normalized spacial score (nSPS) is 11.9. The maximum absolute atomic E-state index is 14.5. The molecule has 1 N–H and O–H groups in total. The van der Waals surface area contributed by atoms with Crippen LogP contribution in [0.25, 0.3) is 0 Å². The smallest absolute Gasteiger partial charge is 0.264 e. The van der Waals surface area contributed by atoms with Crippen LogP contribution < -0.4 is 9.62 Å². The second-order valence-corrected chi connectivity index (χ2v) is 13.2. The van der Waals surface area contributed by atoms with Gasteiger partial charge in [-0.3, -0.25) is 13.9 Å². The zero-order valence-corrected chi connectivity index (χ0v) is 27.3. The molecule has 0 unspecified atom stereocenters. The zero-order chi connectivity index (χ0) is 31.9. The SMILES string of the molecule is CCNC(=O)[C@H](Cc1ccccc1)N(Cc1c(Cl)cccc1Cl)C(=O)CN(c1cc(Cl)ccc1C)S(=O)(=O)c1ccccc1. The maximum atomic E-state index is 14.5. The molecule has 11 heteroatoms. The molecule has 0 aliphatic carbocycles. The fourth-order valence-electron chi connectivity index (χ4n) is 4.78. The lowest BCUT2D eigenvalue weighted by Crippen LogP contribution is -2.53. The molecule has 0 spiro atoms. The van der Waals surface area contributed by atoms with Crippen LogP contribution >= 0.6 is 34.8 Å². The average molecular weight is 673 g/mol. The molecule has 0 saturated carbocycles. The molecule has 230 valence electrons. The number of nitrogens with zero attached hydrogens (tertiary/aromatic N) is 2. The Balaban J connectivity index is 1.85. The van der Waals surface area contributed by atoms with Crippen molar-refractivity contribution >= 4 is 62.3 Å². The van der Waals surface area contributed by atoms with Crippen LogP contribution in [0.5, 0.6) is 0 Å². The molecule has 0 aliphatic rings. The van der Waals surface area contributed by atoms with E-state index in [9.17, 15) is 18.0 Å². The predicted octanol–water partition coefficient (Wildman–Crippen LogP) is 6.93. The van der Waals surface area contributed by atoms with Crippen LogP contribution in [0.4, 0.5) is 5.69 Å². The van der Waals surface area contributed by atoms with E-state index < -0.39 is 34.4 Å². The summed E-state index contributed by atoms with van der Waals surface area (Å²) in [5.41, 5.74) is 2.07. The van der Waals surface area contributed by atoms with Gasteiger partial charge < -0.3 is 10.2 Å². The van der Waals surface area contributed by atoms with E-state index in [1.54, 1.807) is 62.4 Å². The Kier molecular flexibility index (Phi) is 11.3. The highest BCUT2D eigenvalue weighted by Gasteiger charge is 2.35. The third kappa shape index (κ3) is 7.93. The second-order valence-electron chi connectivity index (χ2n) is 10.1. The summed E-state index contributed by atoms with van der Waals surface area (Å²) < 4.78 is 29.2. The molecule has 0 radical (unpaired) electrons. The highest BCUT2D eigenvalue weighted by atomic mass is 35.5. The molecular weight excluding hydrogens is 641 g/mol. The Hall–Kier alpha value is -3.56. The molecule has 0 aromatic heterocycles. The van der Waals surface area contributed by atoms with Crippen LogP contribution in [0.1, 0.15) is 23.6 Å².